The molecular weight excluding hydrogens is 376 g/mol. The quantitative estimate of drug-likeness (QED) is 0.707. The molecule has 0 amide bonds. The zero-order valence-corrected chi connectivity index (χ0v) is 16.7. The molecule has 0 aliphatic carbocycles. The highest BCUT2D eigenvalue weighted by Gasteiger charge is 2.18. The first-order chi connectivity index (χ1) is 13.2. The second kappa shape index (κ2) is 9.30. The van der Waals surface area contributed by atoms with Crippen LogP contribution in [0.2, 0.25) is 0 Å². The molecule has 0 radical (unpaired) electrons. The van der Waals surface area contributed by atoms with Crippen LogP contribution in [-0.4, -0.2) is 41.3 Å². The van der Waals surface area contributed by atoms with Gasteiger partial charge in [0.15, 0.2) is 0 Å². The van der Waals surface area contributed by atoms with E-state index in [4.69, 9.17) is 15.0 Å². The summed E-state index contributed by atoms with van der Waals surface area (Å²) >= 11 is 0. The van der Waals surface area contributed by atoms with Gasteiger partial charge in [0.25, 0.3) is 0 Å². The molecule has 1 saturated heterocycles. The lowest BCUT2D eigenvalue weighted by atomic mass is 10.1. The van der Waals surface area contributed by atoms with E-state index in [2.05, 4.69) is 27.2 Å². The van der Waals surface area contributed by atoms with Crippen molar-refractivity contribution < 1.29 is 9.26 Å². The number of benzene rings is 2. The Labute approximate surface area is 171 Å². The van der Waals surface area contributed by atoms with E-state index in [0.29, 0.717) is 11.7 Å². The van der Waals surface area contributed by atoms with Crippen molar-refractivity contribution in [2.45, 2.75) is 19.5 Å². The Bertz CT molecular complexity index is 891. The van der Waals surface area contributed by atoms with Crippen molar-refractivity contribution in [1.82, 2.24) is 15.0 Å². The van der Waals surface area contributed by atoms with Crippen LogP contribution in [0.5, 0.6) is 0 Å². The predicted octanol–water partition coefficient (Wildman–Crippen LogP) is 3.35. The number of ether oxygens (including phenoxy) is 1. The topological polar surface area (TPSA) is 77.4 Å². The predicted molar refractivity (Wildman–Crippen MR) is 110 cm³/mol. The van der Waals surface area contributed by atoms with Crippen molar-refractivity contribution >= 4 is 12.4 Å². The van der Waals surface area contributed by atoms with Gasteiger partial charge in [0.1, 0.15) is 6.04 Å². The van der Waals surface area contributed by atoms with Crippen LogP contribution in [0.3, 0.4) is 0 Å². The molecule has 1 atom stereocenters. The zero-order chi connectivity index (χ0) is 18.6. The molecule has 2 aromatic carbocycles. The van der Waals surface area contributed by atoms with Crippen molar-refractivity contribution in [2.24, 2.45) is 5.73 Å². The van der Waals surface area contributed by atoms with Gasteiger partial charge in [0.2, 0.25) is 11.7 Å². The Hall–Kier alpha value is -2.25. The van der Waals surface area contributed by atoms with Gasteiger partial charge in [-0.2, -0.15) is 4.98 Å². The Balaban J connectivity index is 0.00000225. The van der Waals surface area contributed by atoms with Crippen molar-refractivity contribution in [3.8, 4) is 11.4 Å². The summed E-state index contributed by atoms with van der Waals surface area (Å²) in [7, 11) is 0. The van der Waals surface area contributed by atoms with E-state index in [9.17, 15) is 0 Å². The summed E-state index contributed by atoms with van der Waals surface area (Å²) in [5.41, 5.74) is 10.6. The van der Waals surface area contributed by atoms with Crippen LogP contribution in [0.1, 0.15) is 28.6 Å². The Morgan fingerprint density at radius 1 is 1.11 bits per heavy atom. The monoisotopic (exact) mass is 400 g/mol. The first-order valence-corrected chi connectivity index (χ1v) is 9.24. The molecule has 1 aromatic heterocycles. The summed E-state index contributed by atoms with van der Waals surface area (Å²) in [4.78, 5) is 6.92. The second-order valence-corrected chi connectivity index (χ2v) is 6.93. The number of aromatic nitrogens is 2. The summed E-state index contributed by atoms with van der Waals surface area (Å²) in [6, 6.07) is 15.9. The maximum absolute atomic E-state index is 6.30. The van der Waals surface area contributed by atoms with Gasteiger partial charge in [0, 0.05) is 25.2 Å². The van der Waals surface area contributed by atoms with Crippen LogP contribution >= 0.6 is 12.4 Å². The molecule has 1 unspecified atom stereocenters. The molecule has 7 heteroatoms. The molecule has 0 bridgehead atoms. The van der Waals surface area contributed by atoms with Crippen molar-refractivity contribution in [2.75, 3.05) is 26.3 Å². The number of hydrogen-bond donors (Lipinski definition) is 1. The smallest absolute Gasteiger partial charge is 0.248 e. The number of rotatable bonds is 5. The van der Waals surface area contributed by atoms with E-state index < -0.39 is 6.04 Å². The highest BCUT2D eigenvalue weighted by Crippen LogP contribution is 2.23. The third kappa shape index (κ3) is 4.77. The molecule has 0 spiro atoms. The van der Waals surface area contributed by atoms with E-state index in [-0.39, 0.29) is 12.4 Å². The Kier molecular flexibility index (Phi) is 6.80. The SMILES string of the molecule is Cc1ccc(C(N)c2nc(-c3cccc(CN4CCOCC4)c3)no2)cc1.Cl. The van der Waals surface area contributed by atoms with Gasteiger partial charge in [-0.1, -0.05) is 53.2 Å². The largest absolute Gasteiger partial charge is 0.379 e. The van der Waals surface area contributed by atoms with Gasteiger partial charge in [0.05, 0.1) is 13.2 Å². The Morgan fingerprint density at radius 3 is 2.61 bits per heavy atom. The highest BCUT2D eigenvalue weighted by atomic mass is 35.5. The van der Waals surface area contributed by atoms with Crippen LogP contribution in [-0.2, 0) is 11.3 Å². The number of nitrogens with zero attached hydrogens (tertiary/aromatic N) is 3. The van der Waals surface area contributed by atoms with Crippen molar-refractivity contribution in [3.63, 3.8) is 0 Å². The third-order valence-corrected chi connectivity index (χ3v) is 4.84. The van der Waals surface area contributed by atoms with Crippen molar-refractivity contribution in [1.29, 1.82) is 0 Å². The minimum Gasteiger partial charge on any atom is -0.379 e. The summed E-state index contributed by atoms with van der Waals surface area (Å²) in [6.07, 6.45) is 0. The van der Waals surface area contributed by atoms with Gasteiger partial charge >= 0.3 is 0 Å². The Morgan fingerprint density at radius 2 is 1.86 bits per heavy atom. The molecular formula is C21H25ClN4O2. The first kappa shape index (κ1) is 20.5. The molecule has 1 aliphatic heterocycles. The van der Waals surface area contributed by atoms with E-state index in [1.54, 1.807) is 0 Å². The number of aryl methyl sites for hydroxylation is 1. The fourth-order valence-electron chi connectivity index (χ4n) is 3.22. The maximum atomic E-state index is 6.30. The summed E-state index contributed by atoms with van der Waals surface area (Å²) in [6.45, 7) is 6.45. The van der Waals surface area contributed by atoms with Gasteiger partial charge in [-0.25, -0.2) is 0 Å². The van der Waals surface area contributed by atoms with Crippen LogP contribution in [0.15, 0.2) is 53.1 Å². The fourth-order valence-corrected chi connectivity index (χ4v) is 3.22. The third-order valence-electron chi connectivity index (χ3n) is 4.84. The molecule has 1 fully saturated rings. The van der Waals surface area contributed by atoms with Gasteiger partial charge < -0.3 is 15.0 Å². The fraction of sp³-hybridized carbons (Fsp3) is 0.333. The first-order valence-electron chi connectivity index (χ1n) is 9.24. The number of hydrogen-bond acceptors (Lipinski definition) is 6. The lowest BCUT2D eigenvalue weighted by molar-refractivity contribution is 0.0342. The van der Waals surface area contributed by atoms with Gasteiger partial charge in [-0.3, -0.25) is 4.90 Å². The van der Waals surface area contributed by atoms with E-state index in [0.717, 1.165) is 44.0 Å². The molecule has 148 valence electrons. The standard InChI is InChI=1S/C21H24N4O2.ClH/c1-15-5-7-17(8-6-15)19(22)21-23-20(24-27-21)18-4-2-3-16(13-18)14-25-9-11-26-12-10-25;/h2-8,13,19H,9-12,14,22H2,1H3;1H. The summed E-state index contributed by atoms with van der Waals surface area (Å²) < 4.78 is 10.9. The average Bonchev–Trinajstić information content (AvgIpc) is 3.19. The minimum absolute atomic E-state index is 0. The van der Waals surface area contributed by atoms with Gasteiger partial charge in [-0.15, -0.1) is 12.4 Å². The number of nitrogens with two attached hydrogens (primary N) is 1. The van der Waals surface area contributed by atoms with E-state index in [1.165, 1.54) is 11.1 Å². The van der Waals surface area contributed by atoms with Crippen LogP contribution in [0, 0.1) is 6.92 Å². The minimum atomic E-state index is -0.427. The molecule has 2 N–H and O–H groups in total. The maximum Gasteiger partial charge on any atom is 0.248 e. The van der Waals surface area contributed by atoms with Crippen molar-refractivity contribution in [3.05, 3.63) is 71.1 Å². The molecule has 0 saturated carbocycles. The van der Waals surface area contributed by atoms with E-state index in [1.807, 2.05) is 43.3 Å². The number of morpholine rings is 1. The summed E-state index contributed by atoms with van der Waals surface area (Å²) in [5.74, 6) is 0.990. The average molecular weight is 401 g/mol. The highest BCUT2D eigenvalue weighted by molar-refractivity contribution is 5.85. The number of halogens is 1. The normalized spacial score (nSPS) is 15.8. The lowest BCUT2D eigenvalue weighted by Gasteiger charge is -2.26. The molecule has 6 nitrogen and oxygen atoms in total. The summed E-state index contributed by atoms with van der Waals surface area (Å²) in [5, 5.41) is 4.14. The lowest BCUT2D eigenvalue weighted by Crippen LogP contribution is -2.35. The molecule has 3 aromatic rings. The zero-order valence-electron chi connectivity index (χ0n) is 15.9. The molecule has 2 heterocycles. The molecule has 28 heavy (non-hydrogen) atoms. The molecule has 1 aliphatic rings. The van der Waals surface area contributed by atoms with Crippen LogP contribution in [0.25, 0.3) is 11.4 Å². The van der Waals surface area contributed by atoms with E-state index >= 15 is 0 Å². The van der Waals surface area contributed by atoms with Crippen LogP contribution < -0.4 is 5.73 Å². The van der Waals surface area contributed by atoms with Crippen LogP contribution in [0.4, 0.5) is 0 Å². The van der Waals surface area contributed by atoms with Gasteiger partial charge in [-0.05, 0) is 24.1 Å². The molecule has 4 rings (SSSR count). The second-order valence-electron chi connectivity index (χ2n) is 6.93.